The third-order valence-corrected chi connectivity index (χ3v) is 2.07. The molecular weight excluding hydrogens is 170 g/mol. The molecule has 1 rings (SSSR count). The Kier molecular flexibility index (Phi) is 3.62. The summed E-state index contributed by atoms with van der Waals surface area (Å²) in [4.78, 5) is 6.20. The molecular formula is C8H15N3S. The van der Waals surface area contributed by atoms with Crippen molar-refractivity contribution in [2.24, 2.45) is 0 Å². The Labute approximate surface area is 78.8 Å². The second-order valence-electron chi connectivity index (χ2n) is 3.08. The van der Waals surface area contributed by atoms with Crippen LogP contribution in [0.2, 0.25) is 0 Å². The molecule has 0 saturated carbocycles. The molecule has 0 bridgehead atoms. The van der Waals surface area contributed by atoms with E-state index in [1.165, 1.54) is 0 Å². The van der Waals surface area contributed by atoms with Gasteiger partial charge in [-0.15, -0.1) is 12.6 Å². The van der Waals surface area contributed by atoms with Crippen molar-refractivity contribution >= 4 is 12.6 Å². The Bertz CT molecular complexity index is 232. The number of rotatable bonds is 4. The molecule has 0 saturated heterocycles. The van der Waals surface area contributed by atoms with Gasteiger partial charge >= 0.3 is 0 Å². The molecule has 0 aromatic carbocycles. The Balaban J connectivity index is 2.29. The van der Waals surface area contributed by atoms with Crippen molar-refractivity contribution in [2.75, 3.05) is 20.6 Å². The Morgan fingerprint density at radius 1 is 1.58 bits per heavy atom. The van der Waals surface area contributed by atoms with Crippen molar-refractivity contribution in [1.29, 1.82) is 0 Å². The summed E-state index contributed by atoms with van der Waals surface area (Å²) in [7, 11) is 4.16. The fourth-order valence-corrected chi connectivity index (χ4v) is 1.29. The third kappa shape index (κ3) is 2.87. The number of thiol groups is 1. The lowest BCUT2D eigenvalue weighted by Crippen LogP contribution is -2.14. The lowest BCUT2D eigenvalue weighted by atomic mass is 10.4. The molecule has 0 amide bonds. The summed E-state index contributed by atoms with van der Waals surface area (Å²) in [6.07, 6.45) is 4.87. The first kappa shape index (κ1) is 9.61. The second-order valence-corrected chi connectivity index (χ2v) is 3.48. The number of hydrogen-bond acceptors (Lipinski definition) is 3. The van der Waals surface area contributed by atoms with Gasteiger partial charge in [0.1, 0.15) is 0 Å². The van der Waals surface area contributed by atoms with Crippen LogP contribution in [-0.2, 0) is 6.54 Å². The van der Waals surface area contributed by atoms with Crippen molar-refractivity contribution in [3.8, 4) is 0 Å². The van der Waals surface area contributed by atoms with Gasteiger partial charge in [0, 0.05) is 18.9 Å². The van der Waals surface area contributed by atoms with Crippen LogP contribution in [0.4, 0.5) is 0 Å². The zero-order valence-corrected chi connectivity index (χ0v) is 8.46. The van der Waals surface area contributed by atoms with Gasteiger partial charge in [0.25, 0.3) is 0 Å². The summed E-state index contributed by atoms with van der Waals surface area (Å²) in [5.74, 6) is 0. The Morgan fingerprint density at radius 3 is 2.83 bits per heavy atom. The van der Waals surface area contributed by atoms with Crippen LogP contribution in [0, 0.1) is 0 Å². The van der Waals surface area contributed by atoms with Gasteiger partial charge in [-0.1, -0.05) is 0 Å². The SMILES string of the molecule is CN(C)CCCn1ccnc1S. The molecule has 0 N–H and O–H groups in total. The van der Waals surface area contributed by atoms with E-state index in [1.807, 2.05) is 10.8 Å². The molecule has 0 radical (unpaired) electrons. The van der Waals surface area contributed by atoms with Gasteiger partial charge in [-0.2, -0.15) is 0 Å². The minimum atomic E-state index is 0.800. The lowest BCUT2D eigenvalue weighted by molar-refractivity contribution is 0.382. The van der Waals surface area contributed by atoms with E-state index in [4.69, 9.17) is 0 Å². The summed E-state index contributed by atoms with van der Waals surface area (Å²) in [5, 5.41) is 0.800. The fraction of sp³-hybridized carbons (Fsp3) is 0.625. The smallest absolute Gasteiger partial charge is 0.164 e. The molecule has 0 spiro atoms. The van der Waals surface area contributed by atoms with Crippen molar-refractivity contribution in [3.63, 3.8) is 0 Å². The predicted molar refractivity (Wildman–Crippen MR) is 52.7 cm³/mol. The molecule has 12 heavy (non-hydrogen) atoms. The van der Waals surface area contributed by atoms with Crippen molar-refractivity contribution in [2.45, 2.75) is 18.1 Å². The first-order chi connectivity index (χ1) is 5.70. The highest BCUT2D eigenvalue weighted by Gasteiger charge is 1.96. The maximum Gasteiger partial charge on any atom is 0.164 e. The molecule has 68 valence electrons. The Morgan fingerprint density at radius 2 is 2.33 bits per heavy atom. The van der Waals surface area contributed by atoms with Gasteiger partial charge in [-0.05, 0) is 27.1 Å². The van der Waals surface area contributed by atoms with E-state index in [1.54, 1.807) is 6.20 Å². The molecule has 0 unspecified atom stereocenters. The van der Waals surface area contributed by atoms with E-state index in [9.17, 15) is 0 Å². The van der Waals surface area contributed by atoms with Crippen LogP contribution in [0.15, 0.2) is 17.6 Å². The maximum absolute atomic E-state index is 4.21. The van der Waals surface area contributed by atoms with Gasteiger partial charge in [-0.3, -0.25) is 0 Å². The van der Waals surface area contributed by atoms with Gasteiger partial charge in [-0.25, -0.2) is 4.98 Å². The quantitative estimate of drug-likeness (QED) is 0.710. The Hall–Kier alpha value is -0.480. The van der Waals surface area contributed by atoms with Gasteiger partial charge in [0.15, 0.2) is 5.16 Å². The standard InChI is InChI=1S/C8H15N3S/c1-10(2)5-3-6-11-7-4-9-8(11)12/h4,7H,3,5-6H2,1-2H3,(H,9,12). The highest BCUT2D eigenvalue weighted by molar-refractivity contribution is 7.80. The largest absolute Gasteiger partial charge is 0.326 e. The van der Waals surface area contributed by atoms with E-state index >= 15 is 0 Å². The summed E-state index contributed by atoms with van der Waals surface area (Å²) in [6, 6.07) is 0. The van der Waals surface area contributed by atoms with Gasteiger partial charge < -0.3 is 9.47 Å². The van der Waals surface area contributed by atoms with Crippen molar-refractivity contribution < 1.29 is 0 Å². The van der Waals surface area contributed by atoms with Crippen molar-refractivity contribution in [1.82, 2.24) is 14.5 Å². The van der Waals surface area contributed by atoms with Crippen LogP contribution in [-0.4, -0.2) is 35.1 Å². The highest BCUT2D eigenvalue weighted by Crippen LogP contribution is 2.03. The molecule has 0 aliphatic rings. The topological polar surface area (TPSA) is 21.1 Å². The van der Waals surface area contributed by atoms with Gasteiger partial charge in [0.05, 0.1) is 0 Å². The average molecular weight is 185 g/mol. The summed E-state index contributed by atoms with van der Waals surface area (Å²) < 4.78 is 2.05. The number of aryl methyl sites for hydroxylation is 1. The minimum Gasteiger partial charge on any atom is -0.326 e. The summed E-state index contributed by atoms with van der Waals surface area (Å²) in [6.45, 7) is 2.10. The molecule has 0 aliphatic carbocycles. The van der Waals surface area contributed by atoms with Crippen LogP contribution in [0.3, 0.4) is 0 Å². The number of imidazole rings is 1. The average Bonchev–Trinajstić information content (AvgIpc) is 2.36. The molecule has 0 atom stereocenters. The molecule has 1 heterocycles. The van der Waals surface area contributed by atoms with Crippen LogP contribution >= 0.6 is 12.6 Å². The maximum atomic E-state index is 4.21. The van der Waals surface area contributed by atoms with Gasteiger partial charge in [0.2, 0.25) is 0 Å². The predicted octanol–water partition coefficient (Wildman–Crippen LogP) is 1.12. The number of aromatic nitrogens is 2. The number of nitrogens with zero attached hydrogens (tertiary/aromatic N) is 3. The summed E-state index contributed by atoms with van der Waals surface area (Å²) >= 11 is 4.21. The van der Waals surface area contributed by atoms with Crippen molar-refractivity contribution in [3.05, 3.63) is 12.4 Å². The van der Waals surface area contributed by atoms with Crippen LogP contribution < -0.4 is 0 Å². The first-order valence-electron chi connectivity index (χ1n) is 4.05. The second kappa shape index (κ2) is 4.52. The zero-order chi connectivity index (χ0) is 8.97. The van der Waals surface area contributed by atoms with E-state index < -0.39 is 0 Å². The zero-order valence-electron chi connectivity index (χ0n) is 7.56. The highest BCUT2D eigenvalue weighted by atomic mass is 32.1. The van der Waals surface area contributed by atoms with Crippen LogP contribution in [0.25, 0.3) is 0 Å². The summed E-state index contributed by atoms with van der Waals surface area (Å²) in [5.41, 5.74) is 0. The minimum absolute atomic E-state index is 0.800. The third-order valence-electron chi connectivity index (χ3n) is 1.70. The molecule has 1 aromatic rings. The molecule has 3 nitrogen and oxygen atoms in total. The van der Waals surface area contributed by atoms with E-state index in [2.05, 4.69) is 36.6 Å². The monoisotopic (exact) mass is 185 g/mol. The van der Waals surface area contributed by atoms with E-state index in [-0.39, 0.29) is 0 Å². The normalized spacial score (nSPS) is 11.0. The molecule has 4 heteroatoms. The van der Waals surface area contributed by atoms with E-state index in [0.717, 1.165) is 24.7 Å². The fourth-order valence-electron chi connectivity index (χ4n) is 1.05. The number of hydrogen-bond donors (Lipinski definition) is 1. The van der Waals surface area contributed by atoms with Crippen LogP contribution in [0.1, 0.15) is 6.42 Å². The molecule has 0 aliphatic heterocycles. The van der Waals surface area contributed by atoms with E-state index in [0.29, 0.717) is 0 Å². The van der Waals surface area contributed by atoms with Crippen LogP contribution in [0.5, 0.6) is 0 Å². The first-order valence-corrected chi connectivity index (χ1v) is 4.49. The molecule has 1 aromatic heterocycles. The molecule has 0 fully saturated rings. The lowest BCUT2D eigenvalue weighted by Gasteiger charge is -2.09.